The molecule has 7 aromatic carbocycles. The van der Waals surface area contributed by atoms with Crippen LogP contribution in [0.4, 0.5) is 0 Å². The predicted molar refractivity (Wildman–Crippen MR) is 222 cm³/mol. The zero-order valence-electron chi connectivity index (χ0n) is 30.1. The van der Waals surface area contributed by atoms with Crippen molar-refractivity contribution >= 4 is 17.0 Å². The van der Waals surface area contributed by atoms with Gasteiger partial charge in [-0.25, -0.2) is 15.0 Å². The molecular formula is C51H33N3O. The lowest BCUT2D eigenvalue weighted by atomic mass is 9.68. The fraction of sp³-hybridized carbons (Fsp3) is 0.0392. The van der Waals surface area contributed by atoms with Crippen LogP contribution in [0.2, 0.25) is 0 Å². The molecule has 4 heteroatoms. The molecule has 2 aliphatic rings. The molecule has 0 saturated carbocycles. The summed E-state index contributed by atoms with van der Waals surface area (Å²) >= 11 is 0. The van der Waals surface area contributed by atoms with Gasteiger partial charge in [0.05, 0.1) is 5.41 Å². The minimum Gasteiger partial charge on any atom is -0.460 e. The molecule has 0 bridgehead atoms. The van der Waals surface area contributed by atoms with Gasteiger partial charge in [0.2, 0.25) is 0 Å². The van der Waals surface area contributed by atoms with Crippen molar-refractivity contribution < 1.29 is 4.42 Å². The van der Waals surface area contributed by atoms with E-state index < -0.39 is 5.41 Å². The first-order valence-electron chi connectivity index (χ1n) is 18.6. The van der Waals surface area contributed by atoms with Gasteiger partial charge in [0.25, 0.3) is 0 Å². The lowest BCUT2D eigenvalue weighted by Gasteiger charge is -2.32. The van der Waals surface area contributed by atoms with E-state index in [0.717, 1.165) is 50.1 Å². The maximum atomic E-state index is 6.64. The molecular weight excluding hydrogens is 671 g/mol. The van der Waals surface area contributed by atoms with E-state index in [1.54, 1.807) is 0 Å². The van der Waals surface area contributed by atoms with E-state index in [9.17, 15) is 0 Å². The molecule has 2 aliphatic carbocycles. The third-order valence-corrected chi connectivity index (χ3v) is 11.5. The second kappa shape index (κ2) is 11.9. The number of hydrogen-bond acceptors (Lipinski definition) is 4. The molecule has 2 heterocycles. The van der Waals surface area contributed by atoms with Gasteiger partial charge in [-0.2, -0.15) is 0 Å². The fourth-order valence-corrected chi connectivity index (χ4v) is 9.23. The van der Waals surface area contributed by atoms with Gasteiger partial charge in [0.15, 0.2) is 17.5 Å². The quantitative estimate of drug-likeness (QED) is 0.179. The van der Waals surface area contributed by atoms with Crippen LogP contribution >= 0.6 is 0 Å². The molecule has 0 radical (unpaired) electrons. The normalized spacial score (nSPS) is 14.8. The Morgan fingerprint density at radius 3 is 1.71 bits per heavy atom. The van der Waals surface area contributed by atoms with Crippen molar-refractivity contribution in [2.45, 2.75) is 12.3 Å². The van der Waals surface area contributed by atoms with Crippen LogP contribution in [0, 0.1) is 6.92 Å². The van der Waals surface area contributed by atoms with Gasteiger partial charge in [-0.3, -0.25) is 0 Å². The van der Waals surface area contributed by atoms with E-state index in [0.29, 0.717) is 17.5 Å². The van der Waals surface area contributed by atoms with Gasteiger partial charge >= 0.3 is 0 Å². The van der Waals surface area contributed by atoms with E-state index in [4.69, 9.17) is 19.4 Å². The number of hydrogen-bond donors (Lipinski definition) is 0. The first-order chi connectivity index (χ1) is 27.1. The van der Waals surface area contributed by atoms with Crippen LogP contribution in [0.5, 0.6) is 0 Å². The maximum Gasteiger partial charge on any atom is 0.164 e. The van der Waals surface area contributed by atoms with Gasteiger partial charge in [0, 0.05) is 33.2 Å². The minimum absolute atomic E-state index is 0.568. The van der Waals surface area contributed by atoms with Crippen LogP contribution in [0.25, 0.3) is 84.6 Å². The Morgan fingerprint density at radius 1 is 0.491 bits per heavy atom. The van der Waals surface area contributed by atoms with Crippen molar-refractivity contribution in [3.8, 4) is 67.5 Å². The Kier molecular flexibility index (Phi) is 6.80. The van der Waals surface area contributed by atoms with Crippen LogP contribution in [0.3, 0.4) is 0 Å². The minimum atomic E-state index is -0.568. The Morgan fingerprint density at radius 2 is 1.02 bits per heavy atom. The Labute approximate surface area is 319 Å². The summed E-state index contributed by atoms with van der Waals surface area (Å²) < 4.78 is 6.64. The fourth-order valence-electron chi connectivity index (χ4n) is 9.23. The Bertz CT molecular complexity index is 2960. The number of furan rings is 1. The Hall–Kier alpha value is -7.17. The molecule has 0 saturated heterocycles. The third-order valence-electron chi connectivity index (χ3n) is 11.5. The highest BCUT2D eigenvalue weighted by Gasteiger charge is 2.53. The van der Waals surface area contributed by atoms with E-state index in [1.807, 2.05) is 73.7 Å². The monoisotopic (exact) mass is 703 g/mol. The zero-order chi connectivity index (χ0) is 36.7. The topological polar surface area (TPSA) is 51.8 Å². The van der Waals surface area contributed by atoms with Gasteiger partial charge < -0.3 is 4.42 Å². The van der Waals surface area contributed by atoms with E-state index >= 15 is 0 Å². The van der Waals surface area contributed by atoms with Crippen LogP contribution in [-0.2, 0) is 5.41 Å². The van der Waals surface area contributed by atoms with E-state index in [2.05, 4.69) is 110 Å². The molecule has 0 N–H and O–H groups in total. The predicted octanol–water partition coefficient (Wildman–Crippen LogP) is 12.6. The number of aromatic nitrogens is 3. The smallest absolute Gasteiger partial charge is 0.164 e. The molecule has 1 atom stereocenters. The van der Waals surface area contributed by atoms with Crippen molar-refractivity contribution in [1.29, 1.82) is 0 Å². The van der Waals surface area contributed by atoms with Gasteiger partial charge in [-0.1, -0.05) is 170 Å². The molecule has 258 valence electrons. The molecule has 1 unspecified atom stereocenters. The van der Waals surface area contributed by atoms with Gasteiger partial charge in [-0.05, 0) is 63.1 Å². The van der Waals surface area contributed by atoms with Crippen LogP contribution in [0.15, 0.2) is 175 Å². The number of aryl methyl sites for hydroxylation is 1. The first kappa shape index (κ1) is 31.4. The van der Waals surface area contributed by atoms with Crippen LogP contribution < -0.4 is 0 Å². The SMILES string of the molecule is C=Cc1c(C)oc2c3c(ccc12)C1(c2ccccc2-c2cccc(-c4cccc(-c5nc(-c6ccccc6)nc(-c6ccccc6)n5)c4)c21)c1ccccc1-3. The summed E-state index contributed by atoms with van der Waals surface area (Å²) in [5.74, 6) is 2.79. The number of fused-ring (bicyclic) bond motifs is 12. The summed E-state index contributed by atoms with van der Waals surface area (Å²) in [7, 11) is 0. The average Bonchev–Trinajstić information content (AvgIpc) is 3.86. The van der Waals surface area contributed by atoms with Crippen molar-refractivity contribution in [3.05, 3.63) is 204 Å². The summed E-state index contributed by atoms with van der Waals surface area (Å²) in [5, 5.41) is 1.09. The molecule has 2 aromatic heterocycles. The number of benzene rings is 7. The zero-order valence-corrected chi connectivity index (χ0v) is 30.1. The molecule has 1 spiro atoms. The number of nitrogens with zero attached hydrogens (tertiary/aromatic N) is 3. The van der Waals surface area contributed by atoms with Gasteiger partial charge in [-0.15, -0.1) is 0 Å². The second-order valence-electron chi connectivity index (χ2n) is 14.3. The van der Waals surface area contributed by atoms with Crippen molar-refractivity contribution in [2.24, 2.45) is 0 Å². The summed E-state index contributed by atoms with van der Waals surface area (Å²) in [6.07, 6.45) is 1.91. The standard InChI is InChI=1S/C51H33N3O/c1-3-36-31(2)55-47-40(36)28-29-44-45(47)41-23-11-13-27-43(41)51(44)42-26-12-10-22-38(42)39-25-15-24-37(46(39)51)34-20-14-21-35(30-34)50-53-48(32-16-6-4-7-17-32)52-49(54-50)33-18-8-5-9-19-33/h3-30H,1H2,2H3. The van der Waals surface area contributed by atoms with Crippen molar-refractivity contribution in [2.75, 3.05) is 0 Å². The molecule has 55 heavy (non-hydrogen) atoms. The van der Waals surface area contributed by atoms with Crippen molar-refractivity contribution in [1.82, 2.24) is 15.0 Å². The second-order valence-corrected chi connectivity index (χ2v) is 14.3. The van der Waals surface area contributed by atoms with Gasteiger partial charge in [0.1, 0.15) is 11.3 Å². The van der Waals surface area contributed by atoms with Crippen molar-refractivity contribution in [3.63, 3.8) is 0 Å². The first-order valence-corrected chi connectivity index (χ1v) is 18.6. The third kappa shape index (κ3) is 4.43. The summed E-state index contributed by atoms with van der Waals surface area (Å²) in [5.41, 5.74) is 16.4. The summed E-state index contributed by atoms with van der Waals surface area (Å²) in [4.78, 5) is 15.1. The van der Waals surface area contributed by atoms with Crippen LogP contribution in [-0.4, -0.2) is 15.0 Å². The van der Waals surface area contributed by atoms with Crippen LogP contribution in [0.1, 0.15) is 33.6 Å². The molecule has 0 fully saturated rings. The molecule has 0 amide bonds. The maximum absolute atomic E-state index is 6.64. The molecule has 0 aliphatic heterocycles. The highest BCUT2D eigenvalue weighted by Crippen LogP contribution is 2.65. The Balaban J connectivity index is 1.17. The lowest BCUT2D eigenvalue weighted by Crippen LogP contribution is -2.26. The van der Waals surface area contributed by atoms with E-state index in [-0.39, 0.29) is 0 Å². The summed E-state index contributed by atoms with van der Waals surface area (Å²) in [6.45, 7) is 6.16. The highest BCUT2D eigenvalue weighted by atomic mass is 16.3. The number of rotatable bonds is 5. The molecule has 9 aromatic rings. The van der Waals surface area contributed by atoms with E-state index in [1.165, 1.54) is 44.5 Å². The highest BCUT2D eigenvalue weighted by molar-refractivity contribution is 6.07. The molecule has 4 nitrogen and oxygen atoms in total. The molecule has 11 rings (SSSR count). The largest absolute Gasteiger partial charge is 0.460 e. The summed E-state index contributed by atoms with van der Waals surface area (Å²) in [6, 6.07) is 58.0. The average molecular weight is 704 g/mol. The lowest BCUT2D eigenvalue weighted by molar-refractivity contribution is 0.578.